The van der Waals surface area contributed by atoms with Gasteiger partial charge in [0.15, 0.2) is 5.65 Å². The molecule has 5 rings (SSSR count). The van der Waals surface area contributed by atoms with Gasteiger partial charge in [0, 0.05) is 18.3 Å². The molecular formula is C15H16N4O3. The number of carbonyl (C=O) groups excluding carboxylic acids is 1. The highest BCUT2D eigenvalue weighted by molar-refractivity contribution is 6.06. The second-order valence-electron chi connectivity index (χ2n) is 6.67. The fraction of sp³-hybridized carbons (Fsp3) is 0.467. The monoisotopic (exact) mass is 300 g/mol. The highest BCUT2D eigenvalue weighted by atomic mass is 16.4. The van der Waals surface area contributed by atoms with E-state index in [1.807, 2.05) is 6.92 Å². The van der Waals surface area contributed by atoms with Gasteiger partial charge in [0.1, 0.15) is 0 Å². The Labute approximate surface area is 126 Å². The largest absolute Gasteiger partial charge is 0.481 e. The smallest absolute Gasteiger partial charge is 0.309 e. The Morgan fingerprint density at radius 1 is 1.36 bits per heavy atom. The van der Waals surface area contributed by atoms with E-state index in [0.717, 1.165) is 5.69 Å². The second-order valence-corrected chi connectivity index (χ2v) is 6.67. The van der Waals surface area contributed by atoms with Crippen LogP contribution >= 0.6 is 0 Å². The van der Waals surface area contributed by atoms with Gasteiger partial charge < -0.3 is 10.4 Å². The lowest BCUT2D eigenvalue weighted by atomic mass is 9.39. The molecule has 1 amide bonds. The maximum atomic E-state index is 12.6. The van der Waals surface area contributed by atoms with E-state index in [9.17, 15) is 9.59 Å². The third-order valence-electron chi connectivity index (χ3n) is 4.94. The van der Waals surface area contributed by atoms with Crippen LogP contribution in [-0.4, -0.2) is 37.3 Å². The summed E-state index contributed by atoms with van der Waals surface area (Å²) in [4.78, 5) is 28.1. The number of hydrogen-bond acceptors (Lipinski definition) is 4. The van der Waals surface area contributed by atoms with Crippen molar-refractivity contribution in [1.29, 1.82) is 0 Å². The summed E-state index contributed by atoms with van der Waals surface area (Å²) in [5.74, 6) is -0.930. The summed E-state index contributed by atoms with van der Waals surface area (Å²) in [7, 11) is 1.79. The molecule has 0 spiro atoms. The highest BCUT2D eigenvalue weighted by Gasteiger charge is 2.72. The van der Waals surface area contributed by atoms with E-state index in [0.29, 0.717) is 35.9 Å². The van der Waals surface area contributed by atoms with Crippen LogP contribution in [0.15, 0.2) is 12.3 Å². The van der Waals surface area contributed by atoms with Crippen molar-refractivity contribution in [3.63, 3.8) is 0 Å². The Morgan fingerprint density at radius 3 is 2.68 bits per heavy atom. The third kappa shape index (κ3) is 1.56. The fourth-order valence-corrected chi connectivity index (χ4v) is 3.88. The van der Waals surface area contributed by atoms with Crippen molar-refractivity contribution in [3.8, 4) is 0 Å². The summed E-state index contributed by atoms with van der Waals surface area (Å²) in [5, 5.41) is 17.0. The molecular weight excluding hydrogens is 284 g/mol. The first-order valence-electron chi connectivity index (χ1n) is 7.20. The average molecular weight is 300 g/mol. The predicted octanol–water partition coefficient (Wildman–Crippen LogP) is 1.01. The summed E-state index contributed by atoms with van der Waals surface area (Å²) >= 11 is 0. The Morgan fingerprint density at radius 2 is 2.05 bits per heavy atom. The number of hydrogen-bond donors (Lipinski definition) is 2. The summed E-state index contributed by atoms with van der Waals surface area (Å²) in [6, 6.07) is 1.75. The molecule has 0 saturated heterocycles. The van der Waals surface area contributed by atoms with Crippen molar-refractivity contribution < 1.29 is 14.7 Å². The summed E-state index contributed by atoms with van der Waals surface area (Å²) in [5.41, 5.74) is 1.04. The number of aryl methyl sites for hydroxylation is 2. The topological polar surface area (TPSA) is 97.1 Å². The number of aromatic nitrogens is 3. The highest BCUT2D eigenvalue weighted by Crippen LogP contribution is 2.67. The zero-order valence-corrected chi connectivity index (χ0v) is 12.4. The van der Waals surface area contributed by atoms with Crippen molar-refractivity contribution in [3.05, 3.63) is 23.5 Å². The standard InChI is InChI=1S/C15H16N4O3/c1-8-3-9(10-4-16-19(2)11(10)17-8)12(20)18-15-5-14(6-15,7-15)13(21)22/h3-4H,5-7H2,1-2H3,(H,18,20)(H,21,22). The second kappa shape index (κ2) is 3.85. The van der Waals surface area contributed by atoms with Gasteiger partial charge in [-0.3, -0.25) is 14.3 Å². The first-order valence-corrected chi connectivity index (χ1v) is 7.20. The molecule has 2 bridgehead atoms. The Hall–Kier alpha value is -2.44. The molecule has 2 N–H and O–H groups in total. The lowest BCUT2D eigenvalue weighted by Crippen LogP contribution is -2.77. The number of fused-ring (bicyclic) bond motifs is 1. The Kier molecular flexibility index (Phi) is 2.32. The molecule has 2 heterocycles. The minimum absolute atomic E-state index is 0.179. The molecule has 2 aromatic rings. The molecule has 3 aliphatic rings. The van der Waals surface area contributed by atoms with E-state index in [1.165, 1.54) is 0 Å². The minimum atomic E-state index is -0.752. The molecule has 0 aliphatic heterocycles. The minimum Gasteiger partial charge on any atom is -0.481 e. The van der Waals surface area contributed by atoms with Crippen LogP contribution in [0.3, 0.4) is 0 Å². The van der Waals surface area contributed by atoms with E-state index in [4.69, 9.17) is 5.11 Å². The number of nitrogens with one attached hydrogen (secondary N) is 1. The molecule has 2 aromatic heterocycles. The van der Waals surface area contributed by atoms with Crippen LogP contribution in [-0.2, 0) is 11.8 Å². The molecule has 0 unspecified atom stereocenters. The van der Waals surface area contributed by atoms with Gasteiger partial charge in [-0.1, -0.05) is 0 Å². The summed E-state index contributed by atoms with van der Waals surface area (Å²) < 4.78 is 1.64. The molecule has 3 fully saturated rings. The SMILES string of the molecule is Cc1cc(C(=O)NC23CC(C(=O)O)(C2)C3)c2cnn(C)c2n1. The number of carboxylic acid groups (broad SMARTS) is 1. The van der Waals surface area contributed by atoms with Crippen molar-refractivity contribution in [2.75, 3.05) is 0 Å². The fourth-order valence-electron chi connectivity index (χ4n) is 3.88. The van der Waals surface area contributed by atoms with E-state index >= 15 is 0 Å². The first kappa shape index (κ1) is 13.2. The van der Waals surface area contributed by atoms with Crippen LogP contribution in [0.2, 0.25) is 0 Å². The van der Waals surface area contributed by atoms with Gasteiger partial charge in [0.05, 0.1) is 22.6 Å². The van der Waals surface area contributed by atoms with Crippen molar-refractivity contribution in [2.24, 2.45) is 12.5 Å². The van der Waals surface area contributed by atoms with Gasteiger partial charge in [-0.25, -0.2) is 4.98 Å². The van der Waals surface area contributed by atoms with E-state index in [1.54, 1.807) is 24.0 Å². The Balaban J connectivity index is 1.61. The van der Waals surface area contributed by atoms with Crippen LogP contribution in [0.5, 0.6) is 0 Å². The van der Waals surface area contributed by atoms with Gasteiger partial charge >= 0.3 is 5.97 Å². The maximum absolute atomic E-state index is 12.6. The zero-order valence-electron chi connectivity index (χ0n) is 12.4. The number of carboxylic acids is 1. The number of carbonyl (C=O) groups is 2. The molecule has 7 nitrogen and oxygen atoms in total. The number of aliphatic carboxylic acids is 1. The van der Waals surface area contributed by atoms with Crippen LogP contribution in [0.1, 0.15) is 35.3 Å². The maximum Gasteiger partial charge on any atom is 0.309 e. The van der Waals surface area contributed by atoms with E-state index < -0.39 is 11.4 Å². The molecule has 3 saturated carbocycles. The normalized spacial score (nSPS) is 28.8. The lowest BCUT2D eigenvalue weighted by molar-refractivity contribution is -0.196. The molecule has 7 heteroatoms. The molecule has 22 heavy (non-hydrogen) atoms. The first-order chi connectivity index (χ1) is 10.3. The van der Waals surface area contributed by atoms with Gasteiger partial charge in [0.2, 0.25) is 0 Å². The number of nitrogens with zero attached hydrogens (tertiary/aromatic N) is 3. The molecule has 3 aliphatic carbocycles. The van der Waals surface area contributed by atoms with Gasteiger partial charge in [-0.2, -0.15) is 5.10 Å². The van der Waals surface area contributed by atoms with Gasteiger partial charge in [-0.05, 0) is 32.3 Å². The Bertz CT molecular complexity index is 819. The number of pyridine rings is 1. The van der Waals surface area contributed by atoms with Crippen molar-refractivity contribution in [1.82, 2.24) is 20.1 Å². The zero-order chi connectivity index (χ0) is 15.7. The van der Waals surface area contributed by atoms with Crippen LogP contribution in [0.25, 0.3) is 11.0 Å². The summed E-state index contributed by atoms with van der Waals surface area (Å²) in [6.07, 6.45) is 3.22. The average Bonchev–Trinajstić information content (AvgIpc) is 2.72. The van der Waals surface area contributed by atoms with Crippen LogP contribution < -0.4 is 5.32 Å². The quantitative estimate of drug-likeness (QED) is 0.882. The number of rotatable bonds is 3. The molecule has 0 aromatic carbocycles. The van der Waals surface area contributed by atoms with Gasteiger partial charge in [0.25, 0.3) is 5.91 Å². The van der Waals surface area contributed by atoms with Crippen molar-refractivity contribution in [2.45, 2.75) is 31.7 Å². The van der Waals surface area contributed by atoms with Gasteiger partial charge in [-0.15, -0.1) is 0 Å². The van der Waals surface area contributed by atoms with Crippen molar-refractivity contribution >= 4 is 22.9 Å². The van der Waals surface area contributed by atoms with E-state index in [-0.39, 0.29) is 11.4 Å². The van der Waals surface area contributed by atoms with Crippen LogP contribution in [0.4, 0.5) is 0 Å². The predicted molar refractivity (Wildman–Crippen MR) is 77.4 cm³/mol. The van der Waals surface area contributed by atoms with Crippen LogP contribution in [0, 0.1) is 12.3 Å². The molecule has 0 atom stereocenters. The number of amides is 1. The summed E-state index contributed by atoms with van der Waals surface area (Å²) in [6.45, 7) is 1.84. The molecule has 114 valence electrons. The lowest BCUT2D eigenvalue weighted by Gasteiger charge is -2.67. The third-order valence-corrected chi connectivity index (χ3v) is 4.94. The molecule has 0 radical (unpaired) electrons. The van der Waals surface area contributed by atoms with E-state index in [2.05, 4.69) is 15.4 Å².